The Labute approximate surface area is 97.7 Å². The molecule has 94 valence electrons. The molecule has 0 amide bonds. The Morgan fingerprint density at radius 2 is 1.65 bits per heavy atom. The van der Waals surface area contributed by atoms with E-state index in [4.69, 9.17) is 19.8 Å². The van der Waals surface area contributed by atoms with Gasteiger partial charge < -0.3 is 14.9 Å². The van der Waals surface area contributed by atoms with Crippen LogP contribution in [0, 0.1) is 0 Å². The first-order chi connectivity index (χ1) is 8.06. The maximum absolute atomic E-state index is 9.18. The fourth-order valence-corrected chi connectivity index (χ4v) is 0.381. The van der Waals surface area contributed by atoms with Crippen molar-refractivity contribution < 1.29 is 29.3 Å². The first-order valence-electron chi connectivity index (χ1n) is 4.42. The summed E-state index contributed by atoms with van der Waals surface area (Å²) in [6.07, 6.45) is 3.50. The number of rotatable bonds is 2. The third kappa shape index (κ3) is 19.8. The van der Waals surface area contributed by atoms with Crippen molar-refractivity contribution in [1.82, 2.24) is 4.98 Å². The fraction of sp³-hybridized carbons (Fsp3) is 0.200. The SMILES string of the molecule is CCOC=O.O=C(O)C(=O)O.c1ccncc1. The van der Waals surface area contributed by atoms with Crippen molar-refractivity contribution in [3.63, 3.8) is 0 Å². The first kappa shape index (κ1) is 17.0. The Morgan fingerprint density at radius 1 is 1.18 bits per heavy atom. The van der Waals surface area contributed by atoms with Crippen LogP contribution in [0.4, 0.5) is 0 Å². The second-order valence-corrected chi connectivity index (χ2v) is 2.19. The Bertz CT molecular complexity index is 275. The third-order valence-electron chi connectivity index (χ3n) is 0.984. The molecule has 0 unspecified atom stereocenters. The number of nitrogens with zero attached hydrogens (tertiary/aromatic N) is 1. The Hall–Kier alpha value is -2.44. The van der Waals surface area contributed by atoms with E-state index >= 15 is 0 Å². The van der Waals surface area contributed by atoms with Crippen LogP contribution in [0.2, 0.25) is 0 Å². The topological polar surface area (TPSA) is 114 Å². The lowest BCUT2D eigenvalue weighted by Crippen LogP contribution is -2.09. The number of aliphatic carboxylic acids is 2. The minimum Gasteiger partial charge on any atom is -0.473 e. The van der Waals surface area contributed by atoms with E-state index in [0.717, 1.165) is 0 Å². The van der Waals surface area contributed by atoms with Crippen LogP contribution in [0.1, 0.15) is 6.92 Å². The minimum absolute atomic E-state index is 0.431. The highest BCUT2D eigenvalue weighted by Gasteiger charge is 2.04. The zero-order valence-corrected chi connectivity index (χ0v) is 9.15. The van der Waals surface area contributed by atoms with Gasteiger partial charge in [0.25, 0.3) is 6.47 Å². The molecule has 17 heavy (non-hydrogen) atoms. The molecule has 0 atom stereocenters. The molecule has 1 heterocycles. The maximum Gasteiger partial charge on any atom is 0.414 e. The largest absolute Gasteiger partial charge is 0.473 e. The molecule has 2 N–H and O–H groups in total. The number of hydrogen-bond donors (Lipinski definition) is 2. The van der Waals surface area contributed by atoms with E-state index in [0.29, 0.717) is 13.1 Å². The summed E-state index contributed by atoms with van der Waals surface area (Å²) in [5, 5.41) is 14.8. The summed E-state index contributed by atoms with van der Waals surface area (Å²) in [7, 11) is 0. The van der Waals surface area contributed by atoms with Gasteiger partial charge in [0.05, 0.1) is 6.61 Å². The van der Waals surface area contributed by atoms with Crippen molar-refractivity contribution in [2.24, 2.45) is 0 Å². The Kier molecular flexibility index (Phi) is 13.5. The molecule has 0 aliphatic carbocycles. The third-order valence-corrected chi connectivity index (χ3v) is 0.984. The Morgan fingerprint density at radius 3 is 1.71 bits per heavy atom. The molecule has 7 heteroatoms. The summed E-state index contributed by atoms with van der Waals surface area (Å²) in [5.74, 6) is -3.65. The van der Waals surface area contributed by atoms with Gasteiger partial charge in [-0.15, -0.1) is 0 Å². The molecule has 0 aliphatic heterocycles. The van der Waals surface area contributed by atoms with Crippen LogP contribution in [-0.4, -0.2) is 40.2 Å². The number of carboxylic acid groups (broad SMARTS) is 2. The first-order valence-corrected chi connectivity index (χ1v) is 4.42. The number of pyridine rings is 1. The molecule has 1 aromatic rings. The lowest BCUT2D eigenvalue weighted by Gasteiger charge is -1.79. The second-order valence-electron chi connectivity index (χ2n) is 2.19. The number of aromatic nitrogens is 1. The number of ether oxygens (including phenoxy) is 1. The molecule has 0 bridgehead atoms. The summed E-state index contributed by atoms with van der Waals surface area (Å²) < 4.78 is 4.15. The molecule has 1 aromatic heterocycles. The molecule has 0 aromatic carbocycles. The van der Waals surface area contributed by atoms with E-state index in [-0.39, 0.29) is 0 Å². The molecule has 0 spiro atoms. The highest BCUT2D eigenvalue weighted by Crippen LogP contribution is 1.73. The van der Waals surface area contributed by atoms with E-state index in [1.54, 1.807) is 19.3 Å². The van der Waals surface area contributed by atoms with Gasteiger partial charge in [0.1, 0.15) is 0 Å². The van der Waals surface area contributed by atoms with E-state index in [2.05, 4.69) is 9.72 Å². The van der Waals surface area contributed by atoms with Crippen LogP contribution < -0.4 is 0 Å². The highest BCUT2D eigenvalue weighted by atomic mass is 16.5. The minimum atomic E-state index is -1.82. The molecule has 0 fully saturated rings. The number of carboxylic acids is 2. The maximum atomic E-state index is 9.18. The van der Waals surface area contributed by atoms with Gasteiger partial charge in [-0.1, -0.05) is 6.07 Å². The highest BCUT2D eigenvalue weighted by molar-refractivity contribution is 6.27. The van der Waals surface area contributed by atoms with Gasteiger partial charge in [-0.2, -0.15) is 0 Å². The summed E-state index contributed by atoms with van der Waals surface area (Å²) in [4.78, 5) is 31.2. The van der Waals surface area contributed by atoms with Gasteiger partial charge in [0.15, 0.2) is 0 Å². The van der Waals surface area contributed by atoms with E-state index in [1.807, 2.05) is 18.2 Å². The zero-order chi connectivity index (χ0) is 13.5. The van der Waals surface area contributed by atoms with Gasteiger partial charge in [-0.3, -0.25) is 9.78 Å². The number of carbonyl (C=O) groups excluding carboxylic acids is 1. The molecule has 0 saturated carbocycles. The monoisotopic (exact) mass is 243 g/mol. The normalized spacial score (nSPS) is 7.35. The smallest absolute Gasteiger partial charge is 0.414 e. The quantitative estimate of drug-likeness (QED) is 0.571. The van der Waals surface area contributed by atoms with Gasteiger partial charge in [-0.25, -0.2) is 9.59 Å². The van der Waals surface area contributed by atoms with Crippen molar-refractivity contribution in [3.05, 3.63) is 30.6 Å². The molecule has 0 aliphatic rings. The van der Waals surface area contributed by atoms with Crippen LogP contribution >= 0.6 is 0 Å². The molecular formula is C10H13NO6. The van der Waals surface area contributed by atoms with E-state index < -0.39 is 11.9 Å². The average Bonchev–Trinajstić information content (AvgIpc) is 2.34. The van der Waals surface area contributed by atoms with Crippen molar-refractivity contribution in [2.75, 3.05) is 6.61 Å². The summed E-state index contributed by atoms with van der Waals surface area (Å²) in [5.41, 5.74) is 0. The standard InChI is InChI=1S/C5H5N.C3H6O2.C2H2O4/c1-2-4-6-5-3-1;1-2-5-3-4;3-1(4)2(5)6/h1-5H;3H,2H2,1H3;(H,3,4)(H,5,6). The Balaban J connectivity index is 0. The lowest BCUT2D eigenvalue weighted by atomic mass is 10.5. The van der Waals surface area contributed by atoms with Gasteiger partial charge in [0.2, 0.25) is 0 Å². The van der Waals surface area contributed by atoms with Crippen molar-refractivity contribution in [1.29, 1.82) is 0 Å². The second kappa shape index (κ2) is 13.6. The van der Waals surface area contributed by atoms with Gasteiger partial charge >= 0.3 is 11.9 Å². The summed E-state index contributed by atoms with van der Waals surface area (Å²) in [6.45, 7) is 2.66. The van der Waals surface area contributed by atoms with Crippen molar-refractivity contribution >= 4 is 18.4 Å². The van der Waals surface area contributed by atoms with Crippen molar-refractivity contribution in [3.8, 4) is 0 Å². The van der Waals surface area contributed by atoms with Crippen LogP contribution in [0.15, 0.2) is 30.6 Å². The predicted molar refractivity (Wildman–Crippen MR) is 57.2 cm³/mol. The van der Waals surface area contributed by atoms with E-state index in [9.17, 15) is 4.79 Å². The molecule has 0 saturated heterocycles. The number of carbonyl (C=O) groups is 3. The van der Waals surface area contributed by atoms with Crippen LogP contribution in [0.5, 0.6) is 0 Å². The number of hydrogen-bond acceptors (Lipinski definition) is 5. The summed E-state index contributed by atoms with van der Waals surface area (Å²) >= 11 is 0. The zero-order valence-electron chi connectivity index (χ0n) is 9.15. The van der Waals surface area contributed by atoms with E-state index in [1.165, 1.54) is 0 Å². The molecule has 7 nitrogen and oxygen atoms in total. The van der Waals surface area contributed by atoms with Crippen LogP contribution in [-0.2, 0) is 19.1 Å². The molecule has 1 rings (SSSR count). The van der Waals surface area contributed by atoms with Gasteiger partial charge in [0, 0.05) is 12.4 Å². The molecular weight excluding hydrogens is 230 g/mol. The van der Waals surface area contributed by atoms with Gasteiger partial charge in [-0.05, 0) is 19.1 Å². The molecule has 0 radical (unpaired) electrons. The van der Waals surface area contributed by atoms with Crippen LogP contribution in [0.3, 0.4) is 0 Å². The van der Waals surface area contributed by atoms with Crippen molar-refractivity contribution in [2.45, 2.75) is 6.92 Å². The average molecular weight is 243 g/mol. The fourth-order valence-electron chi connectivity index (χ4n) is 0.381. The lowest BCUT2D eigenvalue weighted by molar-refractivity contribution is -0.159. The predicted octanol–water partition coefficient (Wildman–Crippen LogP) is 0.416. The summed E-state index contributed by atoms with van der Waals surface area (Å²) in [6, 6.07) is 5.72. The van der Waals surface area contributed by atoms with Crippen LogP contribution in [0.25, 0.3) is 0 Å².